The number of nitrogens with one attached hydrogen (secondary N) is 1. The second kappa shape index (κ2) is 7.54. The lowest BCUT2D eigenvalue weighted by Crippen LogP contribution is -2.10. The summed E-state index contributed by atoms with van der Waals surface area (Å²) in [5, 5.41) is 14.1. The molecule has 0 aliphatic carbocycles. The topological polar surface area (TPSA) is 107 Å². The standard InChI is InChI=1S/C14H14N4O4S/c1-3-22-13(19)11-8-15-14(23-2)17-12(11)16-9-4-6-10(7-5-9)18(20)21/h4-8H,3H2,1-2H3,(H,15,16,17). The molecule has 1 aromatic carbocycles. The van der Waals surface area contributed by atoms with E-state index in [1.807, 2.05) is 6.26 Å². The van der Waals surface area contributed by atoms with E-state index in [-0.39, 0.29) is 23.7 Å². The van der Waals surface area contributed by atoms with Gasteiger partial charge >= 0.3 is 5.97 Å². The Balaban J connectivity index is 2.32. The Morgan fingerprint density at radius 1 is 1.39 bits per heavy atom. The second-order valence-corrected chi connectivity index (χ2v) is 5.04. The van der Waals surface area contributed by atoms with Gasteiger partial charge in [0.15, 0.2) is 5.16 Å². The number of aromatic nitrogens is 2. The first-order chi connectivity index (χ1) is 11.0. The number of nitro groups is 1. The smallest absolute Gasteiger partial charge is 0.343 e. The molecule has 0 aliphatic heterocycles. The number of thioether (sulfide) groups is 1. The minimum absolute atomic E-state index is 0.0198. The van der Waals surface area contributed by atoms with Crippen molar-refractivity contribution in [2.75, 3.05) is 18.2 Å². The summed E-state index contributed by atoms with van der Waals surface area (Å²) < 4.78 is 4.98. The zero-order chi connectivity index (χ0) is 16.8. The van der Waals surface area contributed by atoms with Crippen LogP contribution in [0.25, 0.3) is 0 Å². The van der Waals surface area contributed by atoms with Crippen LogP contribution in [0.15, 0.2) is 35.6 Å². The Kier molecular flexibility index (Phi) is 5.47. The van der Waals surface area contributed by atoms with Crippen LogP contribution >= 0.6 is 11.8 Å². The number of nitrogens with zero attached hydrogens (tertiary/aromatic N) is 3. The molecule has 0 bridgehead atoms. The summed E-state index contributed by atoms with van der Waals surface area (Å²) in [5.74, 6) is -0.249. The van der Waals surface area contributed by atoms with E-state index in [9.17, 15) is 14.9 Å². The van der Waals surface area contributed by atoms with E-state index in [0.29, 0.717) is 10.8 Å². The van der Waals surface area contributed by atoms with Gasteiger partial charge in [-0.25, -0.2) is 14.8 Å². The first-order valence-electron chi connectivity index (χ1n) is 6.64. The number of esters is 1. The fourth-order valence-corrected chi connectivity index (χ4v) is 2.06. The Morgan fingerprint density at radius 3 is 2.65 bits per heavy atom. The van der Waals surface area contributed by atoms with Crippen LogP contribution in [-0.2, 0) is 4.74 Å². The number of nitro benzene ring substituents is 1. The van der Waals surface area contributed by atoms with Gasteiger partial charge in [0.05, 0.1) is 11.5 Å². The van der Waals surface area contributed by atoms with Gasteiger partial charge < -0.3 is 10.1 Å². The van der Waals surface area contributed by atoms with Crippen molar-refractivity contribution in [3.05, 3.63) is 46.1 Å². The van der Waals surface area contributed by atoms with Crippen molar-refractivity contribution in [3.63, 3.8) is 0 Å². The van der Waals surface area contributed by atoms with E-state index in [1.54, 1.807) is 6.92 Å². The number of carbonyl (C=O) groups excluding carboxylic acids is 1. The fraction of sp³-hybridized carbons (Fsp3) is 0.214. The number of ether oxygens (including phenoxy) is 1. The maximum atomic E-state index is 12.0. The van der Waals surface area contributed by atoms with Crippen molar-refractivity contribution < 1.29 is 14.5 Å². The Bertz CT molecular complexity index is 721. The summed E-state index contributed by atoms with van der Waals surface area (Å²) in [6, 6.07) is 5.80. The zero-order valence-electron chi connectivity index (χ0n) is 12.5. The molecule has 0 spiro atoms. The molecule has 2 rings (SSSR count). The van der Waals surface area contributed by atoms with E-state index in [4.69, 9.17) is 4.74 Å². The molecule has 8 nitrogen and oxygen atoms in total. The monoisotopic (exact) mass is 334 g/mol. The Labute approximate surface area is 136 Å². The first kappa shape index (κ1) is 16.7. The van der Waals surface area contributed by atoms with Gasteiger partial charge in [-0.1, -0.05) is 11.8 Å². The van der Waals surface area contributed by atoms with Crippen LogP contribution < -0.4 is 5.32 Å². The third-order valence-corrected chi connectivity index (χ3v) is 3.35. The number of benzene rings is 1. The van der Waals surface area contributed by atoms with Gasteiger partial charge in [-0.15, -0.1) is 0 Å². The predicted octanol–water partition coefficient (Wildman–Crippen LogP) is 3.03. The summed E-state index contributed by atoms with van der Waals surface area (Å²) in [5.41, 5.74) is 0.739. The highest BCUT2D eigenvalue weighted by Crippen LogP contribution is 2.23. The van der Waals surface area contributed by atoms with E-state index in [2.05, 4.69) is 15.3 Å². The average molecular weight is 334 g/mol. The fourth-order valence-electron chi connectivity index (χ4n) is 1.72. The Morgan fingerprint density at radius 2 is 2.09 bits per heavy atom. The van der Waals surface area contributed by atoms with Crippen molar-refractivity contribution in [2.45, 2.75) is 12.1 Å². The molecule has 0 amide bonds. The van der Waals surface area contributed by atoms with Gasteiger partial charge in [0.1, 0.15) is 11.4 Å². The summed E-state index contributed by atoms with van der Waals surface area (Å²) in [4.78, 5) is 30.5. The molecule has 1 heterocycles. The molecule has 0 aliphatic rings. The van der Waals surface area contributed by atoms with E-state index < -0.39 is 10.9 Å². The largest absolute Gasteiger partial charge is 0.462 e. The third-order valence-electron chi connectivity index (χ3n) is 2.79. The minimum atomic E-state index is -0.537. The number of hydrogen-bond donors (Lipinski definition) is 1. The molecule has 9 heteroatoms. The summed E-state index contributed by atoms with van der Waals surface area (Å²) in [7, 11) is 0. The van der Waals surface area contributed by atoms with Gasteiger partial charge in [0, 0.05) is 24.0 Å². The molecule has 0 saturated carbocycles. The van der Waals surface area contributed by atoms with Crippen molar-refractivity contribution in [1.82, 2.24) is 9.97 Å². The molecule has 120 valence electrons. The van der Waals surface area contributed by atoms with Gasteiger partial charge in [-0.2, -0.15) is 0 Å². The predicted molar refractivity (Wildman–Crippen MR) is 86.1 cm³/mol. The molecule has 0 fully saturated rings. The highest BCUT2D eigenvalue weighted by Gasteiger charge is 2.16. The minimum Gasteiger partial charge on any atom is -0.462 e. The average Bonchev–Trinajstić information content (AvgIpc) is 2.55. The lowest BCUT2D eigenvalue weighted by atomic mass is 10.2. The zero-order valence-corrected chi connectivity index (χ0v) is 13.3. The summed E-state index contributed by atoms with van der Waals surface area (Å²) in [6.07, 6.45) is 3.21. The van der Waals surface area contributed by atoms with Crippen molar-refractivity contribution in [3.8, 4) is 0 Å². The quantitative estimate of drug-likeness (QED) is 0.282. The summed E-state index contributed by atoms with van der Waals surface area (Å²) >= 11 is 1.33. The normalized spacial score (nSPS) is 10.2. The lowest BCUT2D eigenvalue weighted by Gasteiger charge is -2.11. The Hall–Kier alpha value is -2.68. The molecular formula is C14H14N4O4S. The van der Waals surface area contributed by atoms with Gasteiger partial charge in [-0.05, 0) is 25.3 Å². The first-order valence-corrected chi connectivity index (χ1v) is 7.87. The molecule has 1 N–H and O–H groups in total. The molecular weight excluding hydrogens is 320 g/mol. The van der Waals surface area contributed by atoms with Crippen LogP contribution in [0, 0.1) is 10.1 Å². The molecule has 0 saturated heterocycles. The van der Waals surface area contributed by atoms with Gasteiger partial charge in [0.2, 0.25) is 0 Å². The van der Waals surface area contributed by atoms with Crippen LogP contribution in [0.1, 0.15) is 17.3 Å². The third kappa shape index (κ3) is 4.16. The molecule has 1 aromatic heterocycles. The van der Waals surface area contributed by atoms with Crippen LogP contribution in [-0.4, -0.2) is 33.7 Å². The highest BCUT2D eigenvalue weighted by atomic mass is 32.2. The van der Waals surface area contributed by atoms with Gasteiger partial charge in [0.25, 0.3) is 5.69 Å². The maximum absolute atomic E-state index is 12.0. The number of non-ortho nitro benzene ring substituents is 1. The highest BCUT2D eigenvalue weighted by molar-refractivity contribution is 7.98. The van der Waals surface area contributed by atoms with Crippen LogP contribution in [0.3, 0.4) is 0 Å². The number of rotatable bonds is 6. The van der Waals surface area contributed by atoms with Gasteiger partial charge in [-0.3, -0.25) is 10.1 Å². The number of anilines is 2. The molecule has 0 radical (unpaired) electrons. The molecule has 23 heavy (non-hydrogen) atoms. The maximum Gasteiger partial charge on any atom is 0.343 e. The molecule has 0 atom stereocenters. The van der Waals surface area contributed by atoms with E-state index >= 15 is 0 Å². The SMILES string of the molecule is CCOC(=O)c1cnc(SC)nc1Nc1ccc([N+](=O)[O-])cc1. The lowest BCUT2D eigenvalue weighted by molar-refractivity contribution is -0.384. The van der Waals surface area contributed by atoms with Crippen molar-refractivity contribution in [1.29, 1.82) is 0 Å². The second-order valence-electron chi connectivity index (χ2n) is 4.27. The van der Waals surface area contributed by atoms with Crippen LogP contribution in [0.5, 0.6) is 0 Å². The molecule has 0 unspecified atom stereocenters. The van der Waals surface area contributed by atoms with Crippen molar-refractivity contribution in [2.24, 2.45) is 0 Å². The van der Waals surface area contributed by atoms with E-state index in [1.165, 1.54) is 42.2 Å². The number of hydrogen-bond acceptors (Lipinski definition) is 8. The van der Waals surface area contributed by atoms with Crippen molar-refractivity contribution >= 4 is 34.9 Å². The summed E-state index contributed by atoms with van der Waals surface area (Å²) in [6.45, 7) is 1.94. The molecule has 2 aromatic rings. The van der Waals surface area contributed by atoms with Crippen LogP contribution in [0.2, 0.25) is 0 Å². The van der Waals surface area contributed by atoms with Crippen LogP contribution in [0.4, 0.5) is 17.2 Å². The van der Waals surface area contributed by atoms with E-state index in [0.717, 1.165) is 0 Å². The number of carbonyl (C=O) groups is 1.